The van der Waals surface area contributed by atoms with Crippen LogP contribution in [0.1, 0.15) is 83.9 Å². The normalized spacial score (nSPS) is 15.2. The molecule has 5 rings (SSSR count). The van der Waals surface area contributed by atoms with Crippen molar-refractivity contribution < 1.29 is 9.59 Å². The largest absolute Gasteiger partial charge is 0.342 e. The molecule has 7 nitrogen and oxygen atoms in total. The molecular weight excluding hydrogens is 498 g/mol. The third-order valence-electron chi connectivity index (χ3n) is 7.91. The van der Waals surface area contributed by atoms with Crippen LogP contribution in [-0.4, -0.2) is 66.2 Å². The third kappa shape index (κ3) is 11.3. The van der Waals surface area contributed by atoms with Gasteiger partial charge in [0.25, 0.3) is 0 Å². The first-order valence-corrected chi connectivity index (χ1v) is 15.0. The lowest BCUT2D eigenvalue weighted by Gasteiger charge is -2.30. The van der Waals surface area contributed by atoms with Gasteiger partial charge in [-0.05, 0) is 95.2 Å². The Kier molecular flexibility index (Phi) is 15.4. The first kappa shape index (κ1) is 33.3. The van der Waals surface area contributed by atoms with Crippen LogP contribution in [0.2, 0.25) is 0 Å². The molecule has 1 spiro atoms. The number of nitrogens with zero attached hydrogens (tertiary/aromatic N) is 3. The van der Waals surface area contributed by atoms with E-state index < -0.39 is 0 Å². The molecule has 0 bridgehead atoms. The summed E-state index contributed by atoms with van der Waals surface area (Å²) in [5.74, 6) is 1.41. The van der Waals surface area contributed by atoms with E-state index >= 15 is 0 Å². The summed E-state index contributed by atoms with van der Waals surface area (Å²) in [5.41, 5.74) is 3.05. The molecule has 0 amide bonds. The van der Waals surface area contributed by atoms with Gasteiger partial charge in [0.2, 0.25) is 0 Å². The number of fused-ring (bicyclic) bond motifs is 1. The van der Waals surface area contributed by atoms with Gasteiger partial charge in [0.05, 0.1) is 11.9 Å². The van der Waals surface area contributed by atoms with Gasteiger partial charge >= 0.3 is 0 Å². The lowest BCUT2D eigenvalue weighted by atomic mass is 9.94. The zero-order valence-electron chi connectivity index (χ0n) is 25.3. The van der Waals surface area contributed by atoms with Gasteiger partial charge < -0.3 is 20.0 Å². The molecule has 220 valence electrons. The predicted octanol–water partition coefficient (Wildman–Crippen LogP) is 6.63. The smallest absolute Gasteiger partial charge is 0.132 e. The van der Waals surface area contributed by atoms with Crippen LogP contribution in [0.25, 0.3) is 22.0 Å². The molecule has 2 aliphatic rings. The van der Waals surface area contributed by atoms with E-state index in [0.717, 1.165) is 66.4 Å². The zero-order chi connectivity index (χ0) is 29.2. The number of nitrogens with one attached hydrogen (secondary N) is 2. The number of rotatable bonds is 10. The number of ketones is 1. The van der Waals surface area contributed by atoms with Crippen molar-refractivity contribution in [3.63, 3.8) is 0 Å². The number of unbranched alkanes of at least 4 members (excludes halogenated alkanes) is 3. The van der Waals surface area contributed by atoms with E-state index in [4.69, 9.17) is 4.79 Å². The number of aromatic nitrogens is 3. The summed E-state index contributed by atoms with van der Waals surface area (Å²) in [6.07, 6.45) is 18.4. The Balaban J connectivity index is 0.000000307. The van der Waals surface area contributed by atoms with Crippen LogP contribution in [0.3, 0.4) is 0 Å². The van der Waals surface area contributed by atoms with Crippen molar-refractivity contribution in [3.05, 3.63) is 48.7 Å². The average Bonchev–Trinajstić information content (AvgIpc) is 3.58. The maximum absolute atomic E-state index is 11.3. The van der Waals surface area contributed by atoms with Gasteiger partial charge in [0, 0.05) is 42.6 Å². The summed E-state index contributed by atoms with van der Waals surface area (Å²) in [7, 11) is 3.75. The minimum atomic E-state index is 0.376. The third-order valence-corrected chi connectivity index (χ3v) is 7.91. The Labute approximate surface area is 241 Å². The van der Waals surface area contributed by atoms with E-state index in [1.165, 1.54) is 50.7 Å². The van der Waals surface area contributed by atoms with Gasteiger partial charge in [-0.1, -0.05) is 38.8 Å². The molecule has 1 saturated carbocycles. The summed E-state index contributed by atoms with van der Waals surface area (Å²) in [6.45, 7) is 10.2. The molecule has 2 N–H and O–H groups in total. The van der Waals surface area contributed by atoms with Crippen molar-refractivity contribution in [2.75, 3.05) is 33.7 Å². The standard InChI is InChI=1S/C21H25N3O.C9H17N.C2H7N.CH2O/c1-2-19(25)7-5-3-4-6-8-21-23-15-20(24-21)17-10-9-16-11-12-22-14-18(16)13-17;1-2-10-7-5-9(3-4-9)6-8-10;1-3-2;1-2/h9-15H,2-8H2,1H3,(H,23,24);2-8H2,1H3;3H,1-2H3;1H2. The number of aromatic amines is 1. The van der Waals surface area contributed by atoms with Crippen LogP contribution < -0.4 is 5.32 Å². The molecule has 0 radical (unpaired) electrons. The second-order valence-corrected chi connectivity index (χ2v) is 10.9. The van der Waals surface area contributed by atoms with E-state index in [9.17, 15) is 4.79 Å². The lowest BCUT2D eigenvalue weighted by molar-refractivity contribution is -0.118. The van der Waals surface area contributed by atoms with Crippen molar-refractivity contribution in [2.24, 2.45) is 5.41 Å². The molecule has 1 aliphatic heterocycles. The molecule has 1 aromatic carbocycles. The van der Waals surface area contributed by atoms with Gasteiger partial charge in [-0.2, -0.15) is 0 Å². The van der Waals surface area contributed by atoms with Gasteiger partial charge in [-0.3, -0.25) is 9.78 Å². The van der Waals surface area contributed by atoms with Crippen LogP contribution in [0.4, 0.5) is 0 Å². The van der Waals surface area contributed by atoms with Crippen molar-refractivity contribution in [1.29, 1.82) is 0 Å². The maximum Gasteiger partial charge on any atom is 0.132 e. The number of H-pyrrole nitrogens is 1. The number of carbonyl (C=O) groups excluding carboxylic acids is 2. The molecule has 2 fully saturated rings. The van der Waals surface area contributed by atoms with Crippen LogP contribution in [0.15, 0.2) is 42.9 Å². The van der Waals surface area contributed by atoms with E-state index in [-0.39, 0.29) is 0 Å². The number of aryl methyl sites for hydroxylation is 1. The number of carbonyl (C=O) groups is 2. The number of hydrogen-bond acceptors (Lipinski definition) is 6. The molecule has 3 aromatic rings. The van der Waals surface area contributed by atoms with E-state index in [2.05, 4.69) is 50.3 Å². The number of imidazole rings is 1. The molecule has 40 heavy (non-hydrogen) atoms. The summed E-state index contributed by atoms with van der Waals surface area (Å²) in [6, 6.07) is 8.39. The van der Waals surface area contributed by atoms with Crippen LogP contribution in [-0.2, 0) is 16.0 Å². The minimum Gasteiger partial charge on any atom is -0.342 e. The predicted molar refractivity (Wildman–Crippen MR) is 167 cm³/mol. The number of Topliss-reactive ketones (excluding diaryl/α,β-unsaturated/α-hetero) is 1. The fourth-order valence-electron chi connectivity index (χ4n) is 5.05. The Bertz CT molecular complexity index is 1110. The topological polar surface area (TPSA) is 91.0 Å². The molecule has 0 atom stereocenters. The summed E-state index contributed by atoms with van der Waals surface area (Å²) in [5, 5.41) is 5.08. The van der Waals surface area contributed by atoms with Crippen molar-refractivity contribution in [1.82, 2.24) is 25.2 Å². The summed E-state index contributed by atoms with van der Waals surface area (Å²) in [4.78, 5) is 34.0. The van der Waals surface area contributed by atoms with Crippen LogP contribution >= 0.6 is 0 Å². The molecule has 0 unspecified atom stereocenters. The van der Waals surface area contributed by atoms with E-state index in [1.54, 1.807) is 0 Å². The highest BCUT2D eigenvalue weighted by molar-refractivity contribution is 5.85. The first-order chi connectivity index (χ1) is 19.5. The second-order valence-electron chi connectivity index (χ2n) is 10.9. The summed E-state index contributed by atoms with van der Waals surface area (Å²) < 4.78 is 0. The number of pyridine rings is 1. The Hall–Kier alpha value is -2.90. The van der Waals surface area contributed by atoms with Crippen molar-refractivity contribution >= 4 is 23.3 Å². The van der Waals surface area contributed by atoms with Crippen molar-refractivity contribution in [2.45, 2.75) is 84.5 Å². The maximum atomic E-state index is 11.3. The van der Waals surface area contributed by atoms with E-state index in [0.29, 0.717) is 12.2 Å². The van der Waals surface area contributed by atoms with Gasteiger partial charge in [-0.25, -0.2) is 4.98 Å². The van der Waals surface area contributed by atoms with Gasteiger partial charge in [-0.15, -0.1) is 0 Å². The van der Waals surface area contributed by atoms with E-state index in [1.807, 2.05) is 52.5 Å². The highest BCUT2D eigenvalue weighted by Crippen LogP contribution is 2.53. The number of benzene rings is 1. The van der Waals surface area contributed by atoms with Crippen molar-refractivity contribution in [3.8, 4) is 11.3 Å². The second kappa shape index (κ2) is 18.4. The number of hydrogen-bond donors (Lipinski definition) is 2. The molecule has 7 heteroatoms. The number of piperidine rings is 1. The Morgan fingerprint density at radius 1 is 0.975 bits per heavy atom. The lowest BCUT2D eigenvalue weighted by Crippen LogP contribution is -2.34. The SMILES string of the molecule is C=O.CCC(=O)CCCCCCc1ncc(-c2ccc3ccncc3c2)[nH]1.CCN1CCC2(CC1)CC2.CNC. The number of likely N-dealkylation sites (tertiary alicyclic amines) is 1. The minimum absolute atomic E-state index is 0.376. The monoisotopic (exact) mass is 549 g/mol. The van der Waals surface area contributed by atoms with Gasteiger partial charge in [0.1, 0.15) is 18.4 Å². The average molecular weight is 550 g/mol. The van der Waals surface area contributed by atoms with Crippen LogP contribution in [0.5, 0.6) is 0 Å². The quantitative estimate of drug-likeness (QED) is 0.276. The van der Waals surface area contributed by atoms with Crippen LogP contribution in [0, 0.1) is 5.41 Å². The Morgan fingerprint density at radius 3 is 2.33 bits per heavy atom. The first-order valence-electron chi connectivity index (χ1n) is 15.0. The molecule has 3 heterocycles. The fraction of sp³-hybridized carbons (Fsp3) is 0.576. The van der Waals surface area contributed by atoms with Gasteiger partial charge in [0.15, 0.2) is 0 Å². The highest BCUT2D eigenvalue weighted by Gasteiger charge is 2.43. The molecular formula is C33H51N5O2. The molecule has 1 aliphatic carbocycles. The fourth-order valence-corrected chi connectivity index (χ4v) is 5.05. The highest BCUT2D eigenvalue weighted by atomic mass is 16.1. The summed E-state index contributed by atoms with van der Waals surface area (Å²) >= 11 is 0. The molecule has 2 aromatic heterocycles. The zero-order valence-corrected chi connectivity index (χ0v) is 25.3. The Morgan fingerprint density at radius 2 is 1.68 bits per heavy atom. The molecule has 1 saturated heterocycles.